The largest absolute Gasteiger partial charge is 0.310 e. The van der Waals surface area contributed by atoms with E-state index < -0.39 is 0 Å². The lowest BCUT2D eigenvalue weighted by Crippen LogP contribution is -2.61. The van der Waals surface area contributed by atoms with Gasteiger partial charge in [0.1, 0.15) is 0 Å². The predicted molar refractivity (Wildman–Crippen MR) is 446 cm³/mol. The first kappa shape index (κ1) is 60.6. The molecule has 1 atom stereocenters. The molecule has 0 bridgehead atoms. The minimum absolute atomic E-state index is 0.160. The van der Waals surface area contributed by atoms with Crippen molar-refractivity contribution in [2.24, 2.45) is 0 Å². The van der Waals surface area contributed by atoms with E-state index in [1.807, 2.05) is 23.5 Å². The number of rotatable bonds is 9. The first-order chi connectivity index (χ1) is 53.0. The minimum atomic E-state index is -0.380. The van der Waals surface area contributed by atoms with Crippen LogP contribution in [-0.2, 0) is 0 Å². The van der Waals surface area contributed by atoms with Gasteiger partial charge in [-0.05, 0) is 145 Å². The smallest absolute Gasteiger partial charge is 0.254 e. The standard InChI is InChI=1S/C99H59BN6S/c101-59-61-47-50-78-80(53-61)73-33-13-14-37-77(73)93(78)67-49-51-82-87(55-67)105(97-69(63-25-5-1-6-26-63)39-23-40-70(97)64-27-7-2-8-28-64)89-56-68(103-83-43-19-15-34-74(83)75-35-16-20-44-84(75)103)57-90-95(89)100(82)96-91(106(90)98-71(65-29-9-3-10-30-65)41-24-42-72(98)66-31-11-4-12-32-66)58-88(94-79-38-18-22-46-92(79)107-99(94)96)104-85-45-21-17-36-76(85)81-54-62(60-102)48-52-86(81)104/h1-58,93H. The highest BCUT2D eigenvalue weighted by molar-refractivity contribution is 7.28. The lowest BCUT2D eigenvalue weighted by atomic mass is 9.33. The van der Waals surface area contributed by atoms with E-state index in [2.05, 4.69) is 371 Å². The zero-order chi connectivity index (χ0) is 70.5. The number of thiophene rings is 1. The number of nitrogens with zero attached hydrogens (tertiary/aromatic N) is 6. The molecule has 8 heteroatoms. The fourth-order valence-electron chi connectivity index (χ4n) is 18.4. The number of nitriles is 2. The number of anilines is 6. The van der Waals surface area contributed by atoms with Crippen LogP contribution in [0.5, 0.6) is 0 Å². The van der Waals surface area contributed by atoms with Gasteiger partial charge in [-0.1, -0.05) is 273 Å². The Morgan fingerprint density at radius 1 is 0.308 bits per heavy atom. The number of benzene rings is 16. The second-order valence-electron chi connectivity index (χ2n) is 28.3. The summed E-state index contributed by atoms with van der Waals surface area (Å²) in [4.78, 5) is 5.38. The van der Waals surface area contributed by atoms with E-state index in [-0.39, 0.29) is 12.6 Å². The van der Waals surface area contributed by atoms with Crippen molar-refractivity contribution in [2.45, 2.75) is 5.92 Å². The second kappa shape index (κ2) is 23.8. The van der Waals surface area contributed by atoms with Crippen LogP contribution >= 0.6 is 11.3 Å². The topological polar surface area (TPSA) is 63.9 Å². The molecule has 6 nitrogen and oxygen atoms in total. The number of para-hydroxylation sites is 5. The monoisotopic (exact) mass is 1370 g/mol. The van der Waals surface area contributed by atoms with Crippen LogP contribution < -0.4 is 26.2 Å². The molecule has 1 unspecified atom stereocenters. The van der Waals surface area contributed by atoms with Crippen molar-refractivity contribution in [2.75, 3.05) is 9.80 Å². The first-order valence-electron chi connectivity index (χ1n) is 36.5. The molecule has 22 rings (SSSR count). The molecular weight excluding hydrogens is 1320 g/mol. The van der Waals surface area contributed by atoms with Crippen molar-refractivity contribution in [1.82, 2.24) is 9.13 Å². The summed E-state index contributed by atoms with van der Waals surface area (Å²) >= 11 is 1.89. The summed E-state index contributed by atoms with van der Waals surface area (Å²) < 4.78 is 7.40. The van der Waals surface area contributed by atoms with Gasteiger partial charge >= 0.3 is 0 Å². The van der Waals surface area contributed by atoms with E-state index in [0.29, 0.717) is 11.1 Å². The van der Waals surface area contributed by atoms with E-state index in [9.17, 15) is 10.5 Å². The van der Waals surface area contributed by atoms with Crippen LogP contribution in [0.2, 0.25) is 0 Å². The molecule has 0 spiro atoms. The van der Waals surface area contributed by atoms with E-state index in [1.54, 1.807) is 0 Å². The molecule has 5 heterocycles. The second-order valence-corrected chi connectivity index (χ2v) is 29.4. The van der Waals surface area contributed by atoms with E-state index in [1.165, 1.54) is 58.5 Å². The number of aromatic nitrogens is 2. The molecular formula is C99H59BN6S. The minimum Gasteiger partial charge on any atom is -0.310 e. The van der Waals surface area contributed by atoms with Gasteiger partial charge in [0.15, 0.2) is 0 Å². The third-order valence-corrected chi connectivity index (χ3v) is 24.0. The van der Waals surface area contributed by atoms with Crippen LogP contribution in [0.15, 0.2) is 352 Å². The first-order valence-corrected chi connectivity index (χ1v) is 37.3. The molecule has 3 aromatic heterocycles. The highest BCUT2D eigenvalue weighted by Crippen LogP contribution is 2.57. The quantitative estimate of drug-likeness (QED) is 0.135. The lowest BCUT2D eigenvalue weighted by Gasteiger charge is -2.46. The summed E-state index contributed by atoms with van der Waals surface area (Å²) in [6.07, 6.45) is 0. The number of hydrogen-bond donors (Lipinski definition) is 0. The van der Waals surface area contributed by atoms with Crippen LogP contribution in [-0.4, -0.2) is 15.8 Å². The Morgan fingerprint density at radius 3 is 1.34 bits per heavy atom. The summed E-state index contributed by atoms with van der Waals surface area (Å²) in [5, 5.41) is 27.9. The number of hydrogen-bond acceptors (Lipinski definition) is 5. The zero-order valence-electron chi connectivity index (χ0n) is 57.7. The molecule has 19 aromatic rings. The van der Waals surface area contributed by atoms with Gasteiger partial charge in [0.25, 0.3) is 6.71 Å². The summed E-state index contributed by atoms with van der Waals surface area (Å²) in [6, 6.07) is 135. The Morgan fingerprint density at radius 2 is 0.757 bits per heavy atom. The van der Waals surface area contributed by atoms with E-state index in [4.69, 9.17) is 0 Å². The van der Waals surface area contributed by atoms with Crippen molar-refractivity contribution in [3.05, 3.63) is 380 Å². The van der Waals surface area contributed by atoms with Gasteiger partial charge in [-0.25, -0.2) is 0 Å². The maximum atomic E-state index is 10.6. The Labute approximate surface area is 622 Å². The predicted octanol–water partition coefficient (Wildman–Crippen LogP) is 23.9. The molecule has 0 N–H and O–H groups in total. The summed E-state index contributed by atoms with van der Waals surface area (Å²) in [7, 11) is 0. The molecule has 0 saturated heterocycles. The average Bonchev–Trinajstić information content (AvgIpc) is 1.66. The molecule has 1 aliphatic carbocycles. The van der Waals surface area contributed by atoms with Gasteiger partial charge in [-0.3, -0.25) is 0 Å². The Hall–Kier alpha value is -14.0. The van der Waals surface area contributed by atoms with Gasteiger partial charge in [-0.2, -0.15) is 10.5 Å². The highest BCUT2D eigenvalue weighted by Gasteiger charge is 2.48. The summed E-state index contributed by atoms with van der Waals surface area (Å²) in [5.74, 6) is -0.160. The van der Waals surface area contributed by atoms with Gasteiger partial charge in [0, 0.05) is 92.6 Å². The Balaban J connectivity index is 0.969. The van der Waals surface area contributed by atoms with Gasteiger partial charge in [0.05, 0.1) is 68.1 Å². The molecule has 3 aliphatic rings. The van der Waals surface area contributed by atoms with Crippen LogP contribution in [0, 0.1) is 22.7 Å². The molecule has 0 radical (unpaired) electrons. The SMILES string of the molecule is N#Cc1ccc2c(c1)-c1ccccc1C2c1ccc2c(c1)N(c1c(-c3ccccc3)cccc1-c1ccccc1)c1cc(-n3c4ccccc4c4ccccc43)cc3c1B2c1c(cc(-n2c4ccccc4c4cc(C#N)ccc42)c2c1sc1ccccc12)N3c1c(-c2ccccc2)cccc1-c1ccccc1. The van der Waals surface area contributed by atoms with Gasteiger partial charge in [0.2, 0.25) is 0 Å². The molecule has 0 saturated carbocycles. The van der Waals surface area contributed by atoms with Crippen molar-refractivity contribution < 1.29 is 0 Å². The zero-order valence-corrected chi connectivity index (χ0v) is 58.5. The van der Waals surface area contributed by atoms with Gasteiger partial charge < -0.3 is 18.9 Å². The third-order valence-electron chi connectivity index (χ3n) is 22.8. The maximum absolute atomic E-state index is 10.6. The van der Waals surface area contributed by atoms with E-state index >= 15 is 0 Å². The number of fused-ring (bicyclic) bond motifs is 17. The van der Waals surface area contributed by atoms with Crippen molar-refractivity contribution in [3.63, 3.8) is 0 Å². The van der Waals surface area contributed by atoms with E-state index in [0.717, 1.165) is 140 Å². The molecule has 494 valence electrons. The summed E-state index contributed by atoms with van der Waals surface area (Å²) in [5.41, 5.74) is 32.1. The van der Waals surface area contributed by atoms with Crippen LogP contribution in [0.4, 0.5) is 34.1 Å². The summed E-state index contributed by atoms with van der Waals surface area (Å²) in [6.45, 7) is -0.380. The Kier molecular flexibility index (Phi) is 13.5. The normalized spacial score (nSPS) is 13.3. The molecule has 2 aliphatic heterocycles. The lowest BCUT2D eigenvalue weighted by molar-refractivity contribution is 1.01. The highest BCUT2D eigenvalue weighted by atomic mass is 32.1. The molecule has 0 fully saturated rings. The van der Waals surface area contributed by atoms with Crippen LogP contribution in [0.25, 0.3) is 131 Å². The molecule has 16 aromatic carbocycles. The van der Waals surface area contributed by atoms with Crippen LogP contribution in [0.3, 0.4) is 0 Å². The van der Waals surface area contributed by atoms with Gasteiger partial charge in [-0.15, -0.1) is 11.3 Å². The van der Waals surface area contributed by atoms with Crippen molar-refractivity contribution in [3.8, 4) is 79.1 Å². The van der Waals surface area contributed by atoms with Crippen molar-refractivity contribution >= 4 is 132 Å². The third kappa shape index (κ3) is 8.98. The van der Waals surface area contributed by atoms with Crippen molar-refractivity contribution in [1.29, 1.82) is 10.5 Å². The average molecular weight is 1380 g/mol. The van der Waals surface area contributed by atoms with Crippen LogP contribution in [0.1, 0.15) is 33.7 Å². The fraction of sp³-hybridized carbons (Fsp3) is 0.0101. The Bertz CT molecular complexity index is 6890. The molecule has 107 heavy (non-hydrogen) atoms. The molecule has 0 amide bonds. The maximum Gasteiger partial charge on any atom is 0.254 e. The fourth-order valence-corrected chi connectivity index (χ4v) is 19.7.